The van der Waals surface area contributed by atoms with Crippen LogP contribution in [0.5, 0.6) is 0 Å². The highest BCUT2D eigenvalue weighted by atomic mass is 16.4. The molecular formula is C18H20N6O6. The molecule has 0 aliphatic carbocycles. The first-order chi connectivity index (χ1) is 14.3. The lowest BCUT2D eigenvalue weighted by Gasteiger charge is -2.25. The summed E-state index contributed by atoms with van der Waals surface area (Å²) < 4.78 is 0.841. The highest BCUT2D eigenvalue weighted by Gasteiger charge is 2.38. The molecule has 12 heteroatoms. The van der Waals surface area contributed by atoms with Crippen molar-refractivity contribution in [2.75, 3.05) is 5.32 Å². The van der Waals surface area contributed by atoms with Crippen LogP contribution in [-0.2, 0) is 11.3 Å². The van der Waals surface area contributed by atoms with E-state index in [2.05, 4.69) is 20.3 Å². The molecule has 2 heterocycles. The Morgan fingerprint density at radius 1 is 1.00 bits per heavy atom. The van der Waals surface area contributed by atoms with E-state index in [0.717, 1.165) is 16.5 Å². The van der Waals surface area contributed by atoms with Gasteiger partial charge in [-0.2, -0.15) is 0 Å². The van der Waals surface area contributed by atoms with Gasteiger partial charge in [-0.25, -0.2) is 15.0 Å². The molecule has 1 aromatic carbocycles. The van der Waals surface area contributed by atoms with Crippen molar-refractivity contribution in [2.45, 2.75) is 31.0 Å². The summed E-state index contributed by atoms with van der Waals surface area (Å²) in [6, 6.07) is 9.49. The zero-order valence-corrected chi connectivity index (χ0v) is 15.5. The molecule has 0 spiro atoms. The maximum atomic E-state index is 12.6. The molecule has 0 fully saturated rings. The highest BCUT2D eigenvalue weighted by Crippen LogP contribution is 2.25. The first-order valence-corrected chi connectivity index (χ1v) is 8.83. The average Bonchev–Trinajstić information content (AvgIpc) is 3.25. The average molecular weight is 416 g/mol. The number of carbonyl (C=O) groups is 2. The number of amides is 1. The highest BCUT2D eigenvalue weighted by molar-refractivity contribution is 5.88. The number of hydrogen-bond donors (Lipinski definition) is 6. The minimum Gasteiger partial charge on any atom is -0.387 e. The molecule has 158 valence electrons. The van der Waals surface area contributed by atoms with E-state index in [0.29, 0.717) is 12.4 Å². The summed E-state index contributed by atoms with van der Waals surface area (Å²) in [5.41, 5.74) is 6.07. The Bertz CT molecular complexity index is 996. The number of aliphatic hydroxyl groups is 4. The Morgan fingerprint density at radius 2 is 1.67 bits per heavy atom. The van der Waals surface area contributed by atoms with Crippen molar-refractivity contribution in [1.82, 2.24) is 19.5 Å². The van der Waals surface area contributed by atoms with Gasteiger partial charge in [0.05, 0.1) is 0 Å². The molecule has 2 aliphatic rings. The van der Waals surface area contributed by atoms with E-state index in [4.69, 9.17) is 5.73 Å². The van der Waals surface area contributed by atoms with Crippen LogP contribution in [0.3, 0.4) is 0 Å². The third kappa shape index (κ3) is 4.26. The Balaban J connectivity index is 1.80. The van der Waals surface area contributed by atoms with Gasteiger partial charge >= 0.3 is 0 Å². The molecular weight excluding hydrogens is 396 g/mol. The van der Waals surface area contributed by atoms with Gasteiger partial charge in [-0.05, 0) is 5.56 Å². The lowest BCUT2D eigenvalue weighted by atomic mass is 10.0. The van der Waals surface area contributed by atoms with Gasteiger partial charge in [0.15, 0.2) is 29.5 Å². The number of fused-ring (bicyclic) bond motifs is 1. The van der Waals surface area contributed by atoms with Crippen molar-refractivity contribution in [3.8, 4) is 11.5 Å². The van der Waals surface area contributed by atoms with Crippen LogP contribution in [0.4, 0.5) is 5.82 Å². The molecule has 2 aliphatic heterocycles. The number of nitrogens with two attached hydrogens (primary N) is 1. The van der Waals surface area contributed by atoms with E-state index in [1.165, 1.54) is 6.33 Å². The van der Waals surface area contributed by atoms with Crippen molar-refractivity contribution in [3.05, 3.63) is 48.5 Å². The third-order valence-corrected chi connectivity index (χ3v) is 4.42. The Hall–Kier alpha value is -3.45. The molecule has 12 nitrogen and oxygen atoms in total. The van der Waals surface area contributed by atoms with Gasteiger partial charge in [0.2, 0.25) is 5.91 Å². The van der Waals surface area contributed by atoms with Crippen LogP contribution in [0.2, 0.25) is 0 Å². The summed E-state index contributed by atoms with van der Waals surface area (Å²) in [5, 5.41) is 42.3. The van der Waals surface area contributed by atoms with Crippen LogP contribution in [0.1, 0.15) is 10.4 Å². The molecule has 0 radical (unpaired) electrons. The maximum Gasteiger partial charge on any atom is 0.265 e. The Kier molecular flexibility index (Phi) is 6.32. The molecule has 30 heavy (non-hydrogen) atoms. The number of aromatic nitrogens is 4. The van der Waals surface area contributed by atoms with Crippen molar-refractivity contribution in [3.63, 3.8) is 0 Å². The van der Waals surface area contributed by atoms with Crippen LogP contribution in [0, 0.1) is 0 Å². The van der Waals surface area contributed by atoms with Crippen molar-refractivity contribution in [1.29, 1.82) is 0 Å². The van der Waals surface area contributed by atoms with Crippen LogP contribution in [0.25, 0.3) is 11.5 Å². The van der Waals surface area contributed by atoms with Gasteiger partial charge in [-0.3, -0.25) is 14.2 Å². The smallest absolute Gasteiger partial charge is 0.265 e. The fraction of sp³-hybridized carbons (Fsp3) is 0.278. The predicted octanol–water partition coefficient (Wildman–Crippen LogP) is -2.04. The number of carbonyl (C=O) groups excluding carboxylic acids is 2. The lowest BCUT2D eigenvalue weighted by Crippen LogP contribution is -2.52. The second-order valence-electron chi connectivity index (χ2n) is 6.46. The standard InChI is InChI=1S/C18H20N6O6/c19-15(29)13(27)11(25)12(26)14(28)18(30)24-8-23-16(10-17(24)22-7-21-10)20-6-9-4-2-1-3-5-9/h1-5,7-8,11-14,20,25-28H,6H2,(H2,19,29)/t11-,12-,13-,14+/m0/s1. The Morgan fingerprint density at radius 3 is 2.33 bits per heavy atom. The molecule has 7 N–H and O–H groups in total. The molecule has 4 atom stereocenters. The third-order valence-electron chi connectivity index (χ3n) is 4.42. The lowest BCUT2D eigenvalue weighted by molar-refractivity contribution is -0.141. The van der Waals surface area contributed by atoms with Crippen LogP contribution >= 0.6 is 0 Å². The van der Waals surface area contributed by atoms with E-state index in [9.17, 15) is 30.0 Å². The normalized spacial score (nSPS) is 15.3. The first kappa shape index (κ1) is 21.3. The quantitative estimate of drug-likeness (QED) is 0.238. The molecule has 3 rings (SSSR count). The number of aliphatic hydroxyl groups excluding tert-OH is 4. The van der Waals surface area contributed by atoms with Gasteiger partial charge in [0.1, 0.15) is 24.9 Å². The van der Waals surface area contributed by atoms with E-state index in [1.807, 2.05) is 30.3 Å². The van der Waals surface area contributed by atoms with Gasteiger partial charge in [-0.15, -0.1) is 0 Å². The number of rotatable bonds is 8. The fourth-order valence-corrected chi connectivity index (χ4v) is 2.74. The monoisotopic (exact) mass is 416 g/mol. The number of hydrogen-bond acceptors (Lipinski definition) is 10. The SMILES string of the molecule is NC(=O)[C@@H](O)[C@@H](O)[C@H](O)[C@@H](O)C(=O)n1cnc(NCc2ccccc2)c2ncnc1-2. The zero-order valence-electron chi connectivity index (χ0n) is 15.5. The van der Waals surface area contributed by atoms with E-state index in [-0.39, 0.29) is 11.5 Å². The van der Waals surface area contributed by atoms with Gasteiger partial charge < -0.3 is 31.5 Å². The van der Waals surface area contributed by atoms with Gasteiger partial charge in [0.25, 0.3) is 5.91 Å². The number of benzene rings is 1. The van der Waals surface area contributed by atoms with E-state index in [1.54, 1.807) is 0 Å². The minimum atomic E-state index is -2.20. The number of anilines is 1. The molecule has 1 amide bonds. The van der Waals surface area contributed by atoms with Crippen molar-refractivity contribution >= 4 is 17.6 Å². The van der Waals surface area contributed by atoms with Crippen LogP contribution < -0.4 is 11.1 Å². The largest absolute Gasteiger partial charge is 0.387 e. The summed E-state index contributed by atoms with van der Waals surface area (Å²) >= 11 is 0. The van der Waals surface area contributed by atoms with Crippen LogP contribution in [-0.4, -0.2) is 76.2 Å². The molecule has 1 aromatic rings. The Labute approximate surface area is 170 Å². The van der Waals surface area contributed by atoms with Crippen molar-refractivity contribution < 1.29 is 30.0 Å². The van der Waals surface area contributed by atoms with Gasteiger partial charge in [0, 0.05) is 6.54 Å². The predicted molar refractivity (Wildman–Crippen MR) is 102 cm³/mol. The maximum absolute atomic E-state index is 12.6. The first-order valence-electron chi connectivity index (χ1n) is 8.83. The van der Waals surface area contributed by atoms with E-state index >= 15 is 0 Å². The van der Waals surface area contributed by atoms with Crippen LogP contribution in [0.15, 0.2) is 43.0 Å². The number of nitrogens with zero attached hydrogens (tertiary/aromatic N) is 4. The summed E-state index contributed by atoms with van der Waals surface area (Å²) in [5.74, 6) is -2.05. The number of imidazole rings is 1. The number of primary amides is 1. The summed E-state index contributed by atoms with van der Waals surface area (Å²) in [6.45, 7) is 0.437. The minimum absolute atomic E-state index is 0.0433. The molecule has 0 unspecified atom stereocenters. The van der Waals surface area contributed by atoms with Gasteiger partial charge in [-0.1, -0.05) is 30.3 Å². The number of nitrogens with one attached hydrogen (secondary N) is 1. The zero-order chi connectivity index (χ0) is 21.8. The summed E-state index contributed by atoms with van der Waals surface area (Å²) in [4.78, 5) is 35.7. The topological polar surface area (TPSA) is 197 Å². The van der Waals surface area contributed by atoms with E-state index < -0.39 is 36.2 Å². The fourth-order valence-electron chi connectivity index (χ4n) is 2.74. The second-order valence-corrected chi connectivity index (χ2v) is 6.46. The van der Waals surface area contributed by atoms with Crippen molar-refractivity contribution in [2.24, 2.45) is 5.73 Å². The molecule has 0 bridgehead atoms. The molecule has 0 saturated heterocycles. The summed E-state index contributed by atoms with van der Waals surface area (Å²) in [6.07, 6.45) is -6.49. The summed E-state index contributed by atoms with van der Waals surface area (Å²) in [7, 11) is 0. The molecule has 0 aromatic heterocycles. The second kappa shape index (κ2) is 8.92. The molecule has 0 saturated carbocycles.